The monoisotopic (exact) mass is 525 g/mol. The van der Waals surface area contributed by atoms with Gasteiger partial charge in [-0.1, -0.05) is 32.0 Å². The first kappa shape index (κ1) is 27.2. The summed E-state index contributed by atoms with van der Waals surface area (Å²) in [5.74, 6) is -2.02. The smallest absolute Gasteiger partial charge is 0.326 e. The number of hydrogen-bond acceptors (Lipinski definition) is 6. The summed E-state index contributed by atoms with van der Waals surface area (Å²) in [6, 6.07) is 8.96. The summed E-state index contributed by atoms with van der Waals surface area (Å²) < 4.78 is 7.23. The van der Waals surface area contributed by atoms with Gasteiger partial charge in [-0.3, -0.25) is 14.4 Å². The number of nitrogens with one attached hydrogen (secondary N) is 2. The summed E-state index contributed by atoms with van der Waals surface area (Å²) in [4.78, 5) is 51.8. The molecule has 1 saturated carbocycles. The number of carbonyl (C=O) groups excluding carboxylic acids is 3. The van der Waals surface area contributed by atoms with Gasteiger partial charge in [0.1, 0.15) is 12.1 Å². The largest absolute Gasteiger partial charge is 0.480 e. The molecule has 11 heteroatoms. The van der Waals surface area contributed by atoms with Crippen molar-refractivity contribution in [1.82, 2.24) is 25.3 Å². The van der Waals surface area contributed by atoms with Crippen molar-refractivity contribution in [2.45, 2.75) is 70.5 Å². The van der Waals surface area contributed by atoms with E-state index in [0.29, 0.717) is 18.7 Å². The van der Waals surface area contributed by atoms with E-state index in [0.717, 1.165) is 25.7 Å². The Morgan fingerprint density at radius 3 is 2.47 bits per heavy atom. The van der Waals surface area contributed by atoms with Crippen LogP contribution in [-0.2, 0) is 14.4 Å². The van der Waals surface area contributed by atoms with Crippen LogP contribution in [0.4, 0.5) is 0 Å². The average Bonchev–Trinajstić information content (AvgIpc) is 3.52. The van der Waals surface area contributed by atoms with Gasteiger partial charge in [0.05, 0.1) is 5.69 Å². The SMILES string of the molecule is CC(C)CC(NC(=O)c1cc(OCC(=O)N2CCCC2C(=O)NC2CCC2)n(-c2ccccc2)n1)C(=O)O. The molecular weight excluding hydrogens is 490 g/mol. The molecule has 1 aromatic heterocycles. The highest BCUT2D eigenvalue weighted by Gasteiger charge is 2.36. The van der Waals surface area contributed by atoms with Crippen LogP contribution in [0, 0.1) is 5.92 Å². The highest BCUT2D eigenvalue weighted by molar-refractivity contribution is 5.95. The zero-order valence-corrected chi connectivity index (χ0v) is 21.8. The lowest BCUT2D eigenvalue weighted by molar-refractivity contribution is -0.140. The van der Waals surface area contributed by atoms with Crippen LogP contribution in [0.15, 0.2) is 36.4 Å². The fourth-order valence-electron chi connectivity index (χ4n) is 4.66. The number of ether oxygens (including phenoxy) is 1. The van der Waals surface area contributed by atoms with Crippen LogP contribution in [-0.4, -0.2) is 74.8 Å². The van der Waals surface area contributed by atoms with Crippen LogP contribution in [0.2, 0.25) is 0 Å². The minimum absolute atomic E-state index is 0.0368. The Hall–Kier alpha value is -3.89. The lowest BCUT2D eigenvalue weighted by Gasteiger charge is -2.30. The van der Waals surface area contributed by atoms with Gasteiger partial charge in [-0.25, -0.2) is 9.48 Å². The van der Waals surface area contributed by atoms with Crippen LogP contribution >= 0.6 is 0 Å². The maximum Gasteiger partial charge on any atom is 0.326 e. The summed E-state index contributed by atoms with van der Waals surface area (Å²) in [6.45, 7) is 3.88. The number of carboxylic acid groups (broad SMARTS) is 1. The lowest BCUT2D eigenvalue weighted by atomic mass is 9.93. The average molecular weight is 526 g/mol. The fraction of sp³-hybridized carbons (Fsp3) is 0.519. The number of aliphatic carboxylic acids is 1. The van der Waals surface area contributed by atoms with Gasteiger partial charge in [0.25, 0.3) is 11.8 Å². The van der Waals surface area contributed by atoms with E-state index >= 15 is 0 Å². The predicted molar refractivity (Wildman–Crippen MR) is 138 cm³/mol. The number of likely N-dealkylation sites (tertiary alicyclic amines) is 1. The minimum atomic E-state index is -1.13. The molecule has 2 aromatic rings. The Kier molecular flexibility index (Phi) is 8.65. The fourth-order valence-corrected chi connectivity index (χ4v) is 4.66. The highest BCUT2D eigenvalue weighted by atomic mass is 16.5. The zero-order chi connectivity index (χ0) is 27.2. The van der Waals surface area contributed by atoms with Crippen LogP contribution in [0.25, 0.3) is 5.69 Å². The second-order valence-electron chi connectivity index (χ2n) is 10.3. The van der Waals surface area contributed by atoms with Gasteiger partial charge in [-0.2, -0.15) is 5.10 Å². The van der Waals surface area contributed by atoms with Crippen molar-refractivity contribution < 1.29 is 29.0 Å². The van der Waals surface area contributed by atoms with E-state index in [1.807, 2.05) is 19.9 Å². The molecule has 3 N–H and O–H groups in total. The molecule has 1 aliphatic carbocycles. The molecular formula is C27H35N5O6. The number of amides is 3. The molecule has 2 aliphatic rings. The van der Waals surface area contributed by atoms with E-state index < -0.39 is 24.0 Å². The van der Waals surface area contributed by atoms with Crippen molar-refractivity contribution in [3.05, 3.63) is 42.1 Å². The molecule has 2 unspecified atom stereocenters. The molecule has 4 rings (SSSR count). The van der Waals surface area contributed by atoms with E-state index in [-0.39, 0.29) is 48.4 Å². The summed E-state index contributed by atoms with van der Waals surface area (Å²) in [6.07, 6.45) is 4.66. The topological polar surface area (TPSA) is 143 Å². The molecule has 204 valence electrons. The van der Waals surface area contributed by atoms with Gasteiger partial charge in [-0.15, -0.1) is 0 Å². The Labute approximate surface area is 221 Å². The van der Waals surface area contributed by atoms with Crippen molar-refractivity contribution in [3.8, 4) is 11.6 Å². The van der Waals surface area contributed by atoms with Gasteiger partial charge in [0.2, 0.25) is 11.8 Å². The van der Waals surface area contributed by atoms with E-state index in [4.69, 9.17) is 4.74 Å². The van der Waals surface area contributed by atoms with Crippen molar-refractivity contribution in [2.24, 2.45) is 5.92 Å². The van der Waals surface area contributed by atoms with Crippen LogP contribution < -0.4 is 15.4 Å². The maximum atomic E-state index is 13.1. The quantitative estimate of drug-likeness (QED) is 0.408. The number of carbonyl (C=O) groups is 4. The van der Waals surface area contributed by atoms with E-state index in [1.54, 1.807) is 29.2 Å². The molecule has 11 nitrogen and oxygen atoms in total. The summed E-state index contributed by atoms with van der Waals surface area (Å²) in [7, 11) is 0. The molecule has 0 radical (unpaired) electrons. The van der Waals surface area contributed by atoms with Gasteiger partial charge in [0.15, 0.2) is 12.3 Å². The molecule has 1 aromatic carbocycles. The maximum absolute atomic E-state index is 13.1. The van der Waals surface area contributed by atoms with Crippen LogP contribution in [0.1, 0.15) is 62.9 Å². The van der Waals surface area contributed by atoms with E-state index in [1.165, 1.54) is 10.7 Å². The lowest BCUT2D eigenvalue weighted by Crippen LogP contribution is -2.51. The molecule has 38 heavy (non-hydrogen) atoms. The molecule has 2 heterocycles. The first-order valence-corrected chi connectivity index (χ1v) is 13.1. The standard InChI is InChI=1S/C27H35N5O6/c1-17(2)14-21(27(36)37)29-25(34)20-15-24(32(30-20)19-10-4-3-5-11-19)38-16-23(33)31-13-7-12-22(31)26(35)28-18-8-6-9-18/h3-5,10-11,15,17-18,21-22H,6-9,12-14,16H2,1-2H3,(H,28,35)(H,29,34)(H,36,37). The normalized spacial score (nSPS) is 18.1. The molecule has 3 amide bonds. The molecule has 0 bridgehead atoms. The Morgan fingerprint density at radius 1 is 1.11 bits per heavy atom. The molecule has 0 spiro atoms. The molecule has 1 saturated heterocycles. The van der Waals surface area contributed by atoms with Gasteiger partial charge in [-0.05, 0) is 56.6 Å². The summed E-state index contributed by atoms with van der Waals surface area (Å²) in [5.41, 5.74) is 0.565. The van der Waals surface area contributed by atoms with Crippen LogP contribution in [0.5, 0.6) is 5.88 Å². The molecule has 2 fully saturated rings. The van der Waals surface area contributed by atoms with E-state index in [2.05, 4.69) is 15.7 Å². The van der Waals surface area contributed by atoms with Crippen molar-refractivity contribution in [1.29, 1.82) is 0 Å². The number of aromatic nitrogens is 2. The zero-order valence-electron chi connectivity index (χ0n) is 21.8. The van der Waals surface area contributed by atoms with E-state index in [9.17, 15) is 24.3 Å². The first-order chi connectivity index (χ1) is 18.2. The molecule has 1 aliphatic heterocycles. The van der Waals surface area contributed by atoms with Crippen LogP contribution in [0.3, 0.4) is 0 Å². The van der Waals surface area contributed by atoms with Crippen molar-refractivity contribution in [2.75, 3.05) is 13.2 Å². The number of rotatable bonds is 11. The van der Waals surface area contributed by atoms with Gasteiger partial charge in [0, 0.05) is 18.7 Å². The minimum Gasteiger partial charge on any atom is -0.480 e. The number of benzene rings is 1. The third kappa shape index (κ3) is 6.51. The second-order valence-corrected chi connectivity index (χ2v) is 10.3. The second kappa shape index (κ2) is 12.1. The summed E-state index contributed by atoms with van der Waals surface area (Å²) >= 11 is 0. The third-order valence-corrected chi connectivity index (χ3v) is 6.89. The Bertz CT molecular complexity index is 1160. The van der Waals surface area contributed by atoms with Crippen molar-refractivity contribution >= 4 is 23.7 Å². The first-order valence-electron chi connectivity index (χ1n) is 13.1. The Balaban J connectivity index is 1.47. The van der Waals surface area contributed by atoms with Crippen molar-refractivity contribution in [3.63, 3.8) is 0 Å². The third-order valence-electron chi connectivity index (χ3n) is 6.89. The number of para-hydroxylation sites is 1. The highest BCUT2D eigenvalue weighted by Crippen LogP contribution is 2.23. The number of carboxylic acids is 1. The Morgan fingerprint density at radius 2 is 1.84 bits per heavy atom. The number of nitrogens with zero attached hydrogens (tertiary/aromatic N) is 3. The summed E-state index contributed by atoms with van der Waals surface area (Å²) in [5, 5.41) is 19.4. The predicted octanol–water partition coefficient (Wildman–Crippen LogP) is 2.14. The molecule has 2 atom stereocenters. The van der Waals surface area contributed by atoms with Gasteiger partial charge < -0.3 is 25.4 Å². The van der Waals surface area contributed by atoms with Gasteiger partial charge >= 0.3 is 5.97 Å². The number of hydrogen-bond donors (Lipinski definition) is 3.